The number of hydrogen-bond acceptors (Lipinski definition) is 2. The van der Waals surface area contributed by atoms with Crippen molar-refractivity contribution in [2.75, 3.05) is 20.6 Å². The van der Waals surface area contributed by atoms with Gasteiger partial charge in [-0.3, -0.25) is 9.69 Å². The molecule has 0 aliphatic carbocycles. The van der Waals surface area contributed by atoms with E-state index in [4.69, 9.17) is 11.6 Å². The molecule has 1 aromatic heterocycles. The van der Waals surface area contributed by atoms with E-state index < -0.39 is 0 Å². The van der Waals surface area contributed by atoms with Gasteiger partial charge in [0.1, 0.15) is 5.69 Å². The Morgan fingerprint density at radius 1 is 1.35 bits per heavy atom. The lowest BCUT2D eigenvalue weighted by atomic mass is 10.0. The lowest BCUT2D eigenvalue weighted by Gasteiger charge is -2.24. The minimum Gasteiger partial charge on any atom is -0.353 e. The first-order chi connectivity index (χ1) is 11.0. The molecule has 1 aliphatic rings. The van der Waals surface area contributed by atoms with Crippen LogP contribution < -0.4 is 0 Å². The molecule has 0 unspecified atom stereocenters. The predicted octanol–water partition coefficient (Wildman–Crippen LogP) is 3.71. The van der Waals surface area contributed by atoms with E-state index >= 15 is 0 Å². The average molecular weight is 332 g/mol. The minimum atomic E-state index is 0.00376. The Kier molecular flexibility index (Phi) is 4.74. The van der Waals surface area contributed by atoms with Gasteiger partial charge in [0.15, 0.2) is 0 Å². The SMILES string of the molecule is CN(C)C(=O)c1ccc(CN2CCC[C@H]2c2cccc(Cl)c2)[nH]1. The molecule has 1 amide bonds. The van der Waals surface area contributed by atoms with Crippen LogP contribution in [0.15, 0.2) is 36.4 Å². The van der Waals surface area contributed by atoms with Gasteiger partial charge in [0.05, 0.1) is 0 Å². The Balaban J connectivity index is 1.73. The number of hydrogen-bond donors (Lipinski definition) is 1. The van der Waals surface area contributed by atoms with E-state index in [1.165, 1.54) is 12.0 Å². The lowest BCUT2D eigenvalue weighted by Crippen LogP contribution is -2.24. The van der Waals surface area contributed by atoms with Crippen LogP contribution in [-0.2, 0) is 6.54 Å². The van der Waals surface area contributed by atoms with Crippen molar-refractivity contribution in [3.63, 3.8) is 0 Å². The molecule has 5 heteroatoms. The monoisotopic (exact) mass is 331 g/mol. The molecule has 4 nitrogen and oxygen atoms in total. The Hall–Kier alpha value is -1.78. The Labute approximate surface area is 142 Å². The van der Waals surface area contributed by atoms with Crippen molar-refractivity contribution in [1.29, 1.82) is 0 Å². The number of halogens is 1. The number of likely N-dealkylation sites (tertiary alicyclic amines) is 1. The number of nitrogens with zero attached hydrogens (tertiary/aromatic N) is 2. The maximum absolute atomic E-state index is 12.0. The number of aromatic nitrogens is 1. The molecule has 1 fully saturated rings. The summed E-state index contributed by atoms with van der Waals surface area (Å²) >= 11 is 6.13. The molecule has 1 atom stereocenters. The van der Waals surface area contributed by atoms with Gasteiger partial charge in [0, 0.05) is 37.4 Å². The molecular weight excluding hydrogens is 310 g/mol. The summed E-state index contributed by atoms with van der Waals surface area (Å²) in [5.41, 5.74) is 2.98. The Morgan fingerprint density at radius 2 is 2.17 bits per heavy atom. The van der Waals surface area contributed by atoms with Crippen molar-refractivity contribution in [1.82, 2.24) is 14.8 Å². The van der Waals surface area contributed by atoms with Gasteiger partial charge in [-0.1, -0.05) is 23.7 Å². The average Bonchev–Trinajstić information content (AvgIpc) is 3.16. The van der Waals surface area contributed by atoms with Crippen LogP contribution in [0.25, 0.3) is 0 Å². The second-order valence-electron chi connectivity index (χ2n) is 6.28. The van der Waals surface area contributed by atoms with Crippen molar-refractivity contribution < 1.29 is 4.79 Å². The quantitative estimate of drug-likeness (QED) is 0.927. The first kappa shape index (κ1) is 16.1. The number of carbonyl (C=O) groups is 1. The highest BCUT2D eigenvalue weighted by Crippen LogP contribution is 2.34. The topological polar surface area (TPSA) is 39.3 Å². The fraction of sp³-hybridized carbons (Fsp3) is 0.389. The summed E-state index contributed by atoms with van der Waals surface area (Å²) in [6, 6.07) is 12.4. The third-order valence-electron chi connectivity index (χ3n) is 4.35. The van der Waals surface area contributed by atoms with Crippen LogP contribution in [-0.4, -0.2) is 41.3 Å². The smallest absolute Gasteiger partial charge is 0.269 e. The van der Waals surface area contributed by atoms with Crippen LogP contribution in [0.3, 0.4) is 0 Å². The van der Waals surface area contributed by atoms with Crippen LogP contribution in [0.5, 0.6) is 0 Å². The number of amides is 1. The molecule has 1 saturated heterocycles. The zero-order valence-electron chi connectivity index (χ0n) is 13.6. The highest BCUT2D eigenvalue weighted by molar-refractivity contribution is 6.30. The molecule has 1 N–H and O–H groups in total. The van der Waals surface area contributed by atoms with E-state index in [1.807, 2.05) is 24.3 Å². The summed E-state index contributed by atoms with van der Waals surface area (Å²) in [5, 5.41) is 0.785. The van der Waals surface area contributed by atoms with E-state index in [9.17, 15) is 4.79 Å². The molecule has 0 radical (unpaired) electrons. The maximum atomic E-state index is 12.0. The molecule has 0 spiro atoms. The van der Waals surface area contributed by atoms with Gasteiger partial charge in [-0.2, -0.15) is 0 Å². The fourth-order valence-corrected chi connectivity index (χ4v) is 3.42. The van der Waals surface area contributed by atoms with Crippen molar-refractivity contribution in [3.8, 4) is 0 Å². The Bertz CT molecular complexity index is 695. The van der Waals surface area contributed by atoms with Crippen molar-refractivity contribution in [2.24, 2.45) is 0 Å². The van der Waals surface area contributed by atoms with E-state index in [-0.39, 0.29) is 5.91 Å². The molecule has 2 heterocycles. The molecule has 1 aliphatic heterocycles. The zero-order chi connectivity index (χ0) is 16.4. The van der Waals surface area contributed by atoms with E-state index in [1.54, 1.807) is 19.0 Å². The highest BCUT2D eigenvalue weighted by Gasteiger charge is 2.26. The number of rotatable bonds is 4. The first-order valence-corrected chi connectivity index (χ1v) is 8.31. The van der Waals surface area contributed by atoms with Gasteiger partial charge in [-0.25, -0.2) is 0 Å². The second kappa shape index (κ2) is 6.77. The van der Waals surface area contributed by atoms with E-state index in [0.29, 0.717) is 11.7 Å². The molecule has 3 rings (SSSR count). The summed E-state index contributed by atoms with van der Waals surface area (Å²) in [5.74, 6) is 0.00376. The largest absolute Gasteiger partial charge is 0.353 e. The van der Waals surface area contributed by atoms with Crippen molar-refractivity contribution in [3.05, 3.63) is 58.4 Å². The number of H-pyrrole nitrogens is 1. The number of aromatic amines is 1. The van der Waals surface area contributed by atoms with Gasteiger partial charge < -0.3 is 9.88 Å². The lowest BCUT2D eigenvalue weighted by molar-refractivity contribution is 0.0822. The van der Waals surface area contributed by atoms with Gasteiger partial charge >= 0.3 is 0 Å². The first-order valence-electron chi connectivity index (χ1n) is 7.93. The van der Waals surface area contributed by atoms with Crippen molar-refractivity contribution in [2.45, 2.75) is 25.4 Å². The zero-order valence-corrected chi connectivity index (χ0v) is 14.3. The molecule has 0 bridgehead atoms. The van der Waals surface area contributed by atoms with E-state index in [0.717, 1.165) is 30.2 Å². The number of benzene rings is 1. The molecule has 0 saturated carbocycles. The highest BCUT2D eigenvalue weighted by atomic mass is 35.5. The minimum absolute atomic E-state index is 0.00376. The van der Waals surface area contributed by atoms with Crippen LogP contribution >= 0.6 is 11.6 Å². The number of nitrogens with one attached hydrogen (secondary N) is 1. The van der Waals surface area contributed by atoms with Crippen molar-refractivity contribution >= 4 is 17.5 Å². The third kappa shape index (κ3) is 3.59. The van der Waals surface area contributed by atoms with Gasteiger partial charge in [-0.05, 0) is 49.2 Å². The summed E-state index contributed by atoms with van der Waals surface area (Å²) in [6.07, 6.45) is 2.33. The van der Waals surface area contributed by atoms with Crippen LogP contribution in [0, 0.1) is 0 Å². The summed E-state index contributed by atoms with van der Waals surface area (Å²) < 4.78 is 0. The van der Waals surface area contributed by atoms with Crippen LogP contribution in [0.2, 0.25) is 5.02 Å². The maximum Gasteiger partial charge on any atom is 0.269 e. The number of carbonyl (C=O) groups excluding carboxylic acids is 1. The second-order valence-corrected chi connectivity index (χ2v) is 6.72. The van der Waals surface area contributed by atoms with Gasteiger partial charge in [0.25, 0.3) is 5.91 Å². The third-order valence-corrected chi connectivity index (χ3v) is 4.59. The molecule has 1 aromatic carbocycles. The summed E-state index contributed by atoms with van der Waals surface area (Å²) in [7, 11) is 3.52. The van der Waals surface area contributed by atoms with Crippen LogP contribution in [0.1, 0.15) is 40.6 Å². The van der Waals surface area contributed by atoms with E-state index in [2.05, 4.69) is 22.0 Å². The normalized spacial score (nSPS) is 18.3. The van der Waals surface area contributed by atoms with Gasteiger partial charge in [0.2, 0.25) is 0 Å². The summed E-state index contributed by atoms with van der Waals surface area (Å²) in [4.78, 5) is 19.3. The van der Waals surface area contributed by atoms with Crippen LogP contribution in [0.4, 0.5) is 0 Å². The standard InChI is InChI=1S/C18H22ClN3O/c1-21(2)18(23)16-9-8-15(20-16)12-22-10-4-7-17(22)13-5-3-6-14(19)11-13/h3,5-6,8-9,11,17,20H,4,7,10,12H2,1-2H3/t17-/m0/s1. The molecule has 122 valence electrons. The fourth-order valence-electron chi connectivity index (χ4n) is 3.22. The molecule has 2 aromatic rings. The summed E-state index contributed by atoms with van der Waals surface area (Å²) in [6.45, 7) is 1.88. The Morgan fingerprint density at radius 3 is 2.91 bits per heavy atom. The predicted molar refractivity (Wildman–Crippen MR) is 92.6 cm³/mol. The molecular formula is C18H22ClN3O. The van der Waals surface area contributed by atoms with Gasteiger partial charge in [-0.15, -0.1) is 0 Å². The molecule has 23 heavy (non-hydrogen) atoms.